The van der Waals surface area contributed by atoms with Crippen molar-refractivity contribution in [1.29, 1.82) is 0 Å². The topological polar surface area (TPSA) is 50.4 Å². The summed E-state index contributed by atoms with van der Waals surface area (Å²) < 4.78 is 1.65. The van der Waals surface area contributed by atoms with Gasteiger partial charge in [-0.25, -0.2) is 0 Å². The molecule has 0 fully saturated rings. The van der Waals surface area contributed by atoms with Crippen LogP contribution < -0.4 is 0 Å². The van der Waals surface area contributed by atoms with Crippen molar-refractivity contribution in [2.45, 2.75) is 6.54 Å². The van der Waals surface area contributed by atoms with Crippen LogP contribution in [0.5, 0.6) is 0 Å². The van der Waals surface area contributed by atoms with E-state index in [4.69, 9.17) is 5.21 Å². The fraction of sp³-hybridized carbons (Fsp3) is 0.200. The Labute approximate surface area is 52.4 Å². The summed E-state index contributed by atoms with van der Waals surface area (Å²) in [4.78, 5) is 0. The zero-order valence-electron chi connectivity index (χ0n) is 4.81. The van der Waals surface area contributed by atoms with E-state index in [0.717, 1.165) is 0 Å². The highest BCUT2D eigenvalue weighted by atomic mass is 16.4. The molecule has 4 heteroatoms. The number of oxime groups is 1. The molecule has 0 aliphatic carbocycles. The molecule has 1 N–H and O–H groups in total. The Morgan fingerprint density at radius 2 is 2.67 bits per heavy atom. The molecule has 0 amide bonds. The molecule has 1 aromatic heterocycles. The highest BCUT2D eigenvalue weighted by molar-refractivity contribution is 5.55. The molecular formula is C5H7N3O. The molecule has 0 aliphatic rings. The summed E-state index contributed by atoms with van der Waals surface area (Å²) in [5.41, 5.74) is 0. The van der Waals surface area contributed by atoms with Gasteiger partial charge in [-0.15, -0.1) is 5.16 Å². The molecule has 0 saturated heterocycles. The van der Waals surface area contributed by atoms with Crippen LogP contribution in [0.3, 0.4) is 0 Å². The molecule has 0 atom stereocenters. The van der Waals surface area contributed by atoms with Crippen molar-refractivity contribution >= 4 is 6.21 Å². The summed E-state index contributed by atoms with van der Waals surface area (Å²) in [7, 11) is 0. The van der Waals surface area contributed by atoms with Gasteiger partial charge in [-0.1, -0.05) is 0 Å². The van der Waals surface area contributed by atoms with Gasteiger partial charge in [-0.2, -0.15) is 5.10 Å². The number of rotatable bonds is 2. The molecule has 0 radical (unpaired) electrons. The first-order valence-corrected chi connectivity index (χ1v) is 2.57. The van der Waals surface area contributed by atoms with Crippen LogP contribution >= 0.6 is 0 Å². The highest BCUT2D eigenvalue weighted by Gasteiger charge is 1.82. The van der Waals surface area contributed by atoms with Gasteiger partial charge in [0.2, 0.25) is 0 Å². The van der Waals surface area contributed by atoms with E-state index in [9.17, 15) is 0 Å². The number of hydrogen-bond acceptors (Lipinski definition) is 3. The molecule has 48 valence electrons. The van der Waals surface area contributed by atoms with E-state index in [0.29, 0.717) is 6.54 Å². The van der Waals surface area contributed by atoms with Crippen LogP contribution in [0.4, 0.5) is 0 Å². The standard InChI is InChI=1S/C5H7N3O/c9-7-3-5-8-4-1-2-6-8/h1-4,9H,5H2. The molecule has 0 spiro atoms. The van der Waals surface area contributed by atoms with E-state index in [2.05, 4.69) is 10.3 Å². The summed E-state index contributed by atoms with van der Waals surface area (Å²) in [5.74, 6) is 0. The van der Waals surface area contributed by atoms with Gasteiger partial charge in [0, 0.05) is 12.4 Å². The largest absolute Gasteiger partial charge is 0.411 e. The highest BCUT2D eigenvalue weighted by Crippen LogP contribution is 1.80. The molecule has 0 saturated carbocycles. The second-order valence-electron chi connectivity index (χ2n) is 1.53. The van der Waals surface area contributed by atoms with Gasteiger partial charge in [-0.05, 0) is 6.07 Å². The molecule has 0 bridgehead atoms. The SMILES string of the molecule is ON=CCn1cccn1. The van der Waals surface area contributed by atoms with Crippen LogP contribution in [0.2, 0.25) is 0 Å². The summed E-state index contributed by atoms with van der Waals surface area (Å²) in [6.07, 6.45) is 4.83. The van der Waals surface area contributed by atoms with Gasteiger partial charge in [0.05, 0.1) is 12.8 Å². The average Bonchev–Trinajstić information content (AvgIpc) is 2.34. The Bertz CT molecular complexity index is 180. The maximum Gasteiger partial charge on any atom is 0.0794 e. The van der Waals surface area contributed by atoms with E-state index in [1.165, 1.54) is 6.21 Å². The first-order chi connectivity index (χ1) is 4.43. The molecule has 1 rings (SSSR count). The van der Waals surface area contributed by atoms with E-state index >= 15 is 0 Å². The predicted octanol–water partition coefficient (Wildman–Crippen LogP) is 0.343. The van der Waals surface area contributed by atoms with E-state index in [1.54, 1.807) is 17.1 Å². The molecule has 0 aliphatic heterocycles. The molecular weight excluding hydrogens is 118 g/mol. The average molecular weight is 125 g/mol. The fourth-order valence-corrected chi connectivity index (χ4v) is 0.529. The molecule has 0 aromatic carbocycles. The second-order valence-corrected chi connectivity index (χ2v) is 1.53. The lowest BCUT2D eigenvalue weighted by molar-refractivity contribution is 0.319. The molecule has 4 nitrogen and oxygen atoms in total. The van der Waals surface area contributed by atoms with Crippen molar-refractivity contribution in [2.24, 2.45) is 5.16 Å². The second kappa shape index (κ2) is 2.86. The lowest BCUT2D eigenvalue weighted by atomic mass is 10.7. The minimum Gasteiger partial charge on any atom is -0.411 e. The Hall–Kier alpha value is -1.32. The number of nitrogens with zero attached hydrogens (tertiary/aromatic N) is 3. The van der Waals surface area contributed by atoms with Crippen LogP contribution in [0.25, 0.3) is 0 Å². The smallest absolute Gasteiger partial charge is 0.0794 e. The quantitative estimate of drug-likeness (QED) is 0.352. The zero-order chi connectivity index (χ0) is 6.53. The minimum absolute atomic E-state index is 0.517. The van der Waals surface area contributed by atoms with Crippen molar-refractivity contribution in [3.05, 3.63) is 18.5 Å². The van der Waals surface area contributed by atoms with Crippen LogP contribution in [-0.4, -0.2) is 21.2 Å². The zero-order valence-corrected chi connectivity index (χ0v) is 4.81. The predicted molar refractivity (Wildman–Crippen MR) is 32.5 cm³/mol. The minimum atomic E-state index is 0.517. The molecule has 9 heavy (non-hydrogen) atoms. The Balaban J connectivity index is 2.48. The molecule has 0 unspecified atom stereocenters. The van der Waals surface area contributed by atoms with Crippen molar-refractivity contribution < 1.29 is 5.21 Å². The summed E-state index contributed by atoms with van der Waals surface area (Å²) in [5, 5.41) is 14.7. The van der Waals surface area contributed by atoms with Crippen LogP contribution in [0.15, 0.2) is 23.6 Å². The lowest BCUT2D eigenvalue weighted by Crippen LogP contribution is -1.98. The third kappa shape index (κ3) is 1.56. The summed E-state index contributed by atoms with van der Waals surface area (Å²) >= 11 is 0. The van der Waals surface area contributed by atoms with Gasteiger partial charge in [0.1, 0.15) is 0 Å². The Kier molecular flexibility index (Phi) is 1.85. The number of hydrogen-bond donors (Lipinski definition) is 1. The fourth-order valence-electron chi connectivity index (χ4n) is 0.529. The Morgan fingerprint density at radius 1 is 1.78 bits per heavy atom. The third-order valence-electron chi connectivity index (χ3n) is 0.910. The Morgan fingerprint density at radius 3 is 3.22 bits per heavy atom. The third-order valence-corrected chi connectivity index (χ3v) is 0.910. The van der Waals surface area contributed by atoms with Gasteiger partial charge >= 0.3 is 0 Å². The first-order valence-electron chi connectivity index (χ1n) is 2.57. The molecule has 1 heterocycles. The molecule has 1 aromatic rings. The van der Waals surface area contributed by atoms with Gasteiger partial charge in [-0.3, -0.25) is 4.68 Å². The van der Waals surface area contributed by atoms with Crippen LogP contribution in [0, 0.1) is 0 Å². The monoisotopic (exact) mass is 125 g/mol. The maximum atomic E-state index is 7.99. The summed E-state index contributed by atoms with van der Waals surface area (Å²) in [6.45, 7) is 0.517. The van der Waals surface area contributed by atoms with Crippen LogP contribution in [0.1, 0.15) is 0 Å². The number of aromatic nitrogens is 2. The van der Waals surface area contributed by atoms with Gasteiger partial charge < -0.3 is 5.21 Å². The van der Waals surface area contributed by atoms with Gasteiger partial charge in [0.15, 0.2) is 0 Å². The lowest BCUT2D eigenvalue weighted by Gasteiger charge is -1.89. The first kappa shape index (κ1) is 5.81. The van der Waals surface area contributed by atoms with Crippen molar-refractivity contribution in [3.8, 4) is 0 Å². The van der Waals surface area contributed by atoms with E-state index in [-0.39, 0.29) is 0 Å². The van der Waals surface area contributed by atoms with Crippen molar-refractivity contribution in [3.63, 3.8) is 0 Å². The van der Waals surface area contributed by atoms with Gasteiger partial charge in [0.25, 0.3) is 0 Å². The summed E-state index contributed by atoms with van der Waals surface area (Å²) in [6, 6.07) is 1.81. The van der Waals surface area contributed by atoms with Crippen molar-refractivity contribution in [1.82, 2.24) is 9.78 Å². The maximum absolute atomic E-state index is 7.99. The van der Waals surface area contributed by atoms with E-state index in [1.807, 2.05) is 6.07 Å². The van der Waals surface area contributed by atoms with Crippen molar-refractivity contribution in [2.75, 3.05) is 0 Å². The van der Waals surface area contributed by atoms with E-state index < -0.39 is 0 Å². The normalized spacial score (nSPS) is 10.7. The van der Waals surface area contributed by atoms with Crippen LogP contribution in [-0.2, 0) is 6.54 Å².